The Balaban J connectivity index is 2.88. The highest BCUT2D eigenvalue weighted by Gasteiger charge is 2.36. The zero-order valence-electron chi connectivity index (χ0n) is 14.0. The van der Waals surface area contributed by atoms with E-state index < -0.39 is 28.1 Å². The Labute approximate surface area is 157 Å². The summed E-state index contributed by atoms with van der Waals surface area (Å²) in [6.45, 7) is 3.15. The van der Waals surface area contributed by atoms with Crippen LogP contribution in [-0.4, -0.2) is 35.1 Å². The molecule has 0 atom stereocenters. The van der Waals surface area contributed by atoms with Crippen LogP contribution in [-0.2, 0) is 9.47 Å². The van der Waals surface area contributed by atoms with Gasteiger partial charge in [-0.2, -0.15) is 0 Å². The van der Waals surface area contributed by atoms with Crippen molar-refractivity contribution >= 4 is 33.6 Å². The molecule has 26 heavy (non-hydrogen) atoms. The van der Waals surface area contributed by atoms with Crippen LogP contribution in [0.4, 0.5) is 5.69 Å². The number of pyridine rings is 1. The molecule has 0 aliphatic rings. The van der Waals surface area contributed by atoms with Gasteiger partial charge in [-0.25, -0.2) is 14.6 Å². The van der Waals surface area contributed by atoms with E-state index in [1.807, 2.05) is 0 Å². The standard InChI is InChI=1S/C17H15BrN2O6/c1-3-25-16(21)11-12(17(22)26-4-2)15(18)19-13(14(11)20(23)24)10-8-6-5-7-9-10/h5-9H,3-4H2,1-2H3. The smallest absolute Gasteiger partial charge is 0.346 e. The SMILES string of the molecule is CCOC(=O)c1c(Br)nc(-c2ccccc2)c([N+](=O)[O-])c1C(=O)OCC. The fourth-order valence-corrected chi connectivity index (χ4v) is 2.85. The van der Waals surface area contributed by atoms with Crippen LogP contribution < -0.4 is 0 Å². The first-order valence-electron chi connectivity index (χ1n) is 7.69. The maximum atomic E-state index is 12.5. The van der Waals surface area contributed by atoms with Crippen molar-refractivity contribution in [2.75, 3.05) is 13.2 Å². The van der Waals surface area contributed by atoms with Crippen molar-refractivity contribution < 1.29 is 24.0 Å². The zero-order valence-corrected chi connectivity index (χ0v) is 15.6. The second kappa shape index (κ2) is 8.52. The highest BCUT2D eigenvalue weighted by molar-refractivity contribution is 9.10. The highest BCUT2D eigenvalue weighted by atomic mass is 79.9. The zero-order chi connectivity index (χ0) is 19.3. The molecule has 0 saturated carbocycles. The average molecular weight is 423 g/mol. The van der Waals surface area contributed by atoms with Crippen LogP contribution in [0.3, 0.4) is 0 Å². The Kier molecular flexibility index (Phi) is 6.40. The number of nitro groups is 1. The first-order valence-corrected chi connectivity index (χ1v) is 8.49. The lowest BCUT2D eigenvalue weighted by Gasteiger charge is -2.13. The first kappa shape index (κ1) is 19.5. The molecule has 0 N–H and O–H groups in total. The van der Waals surface area contributed by atoms with Gasteiger partial charge in [0.15, 0.2) is 11.3 Å². The van der Waals surface area contributed by atoms with Crippen molar-refractivity contribution in [1.29, 1.82) is 0 Å². The quantitative estimate of drug-likeness (QED) is 0.301. The van der Waals surface area contributed by atoms with E-state index in [1.165, 1.54) is 0 Å². The molecule has 2 rings (SSSR count). The summed E-state index contributed by atoms with van der Waals surface area (Å²) in [6.07, 6.45) is 0. The largest absolute Gasteiger partial charge is 0.462 e. The minimum atomic E-state index is -0.998. The molecular formula is C17H15BrN2O6. The third kappa shape index (κ3) is 3.88. The van der Waals surface area contributed by atoms with Crippen molar-refractivity contribution in [2.45, 2.75) is 13.8 Å². The van der Waals surface area contributed by atoms with Crippen molar-refractivity contribution in [3.63, 3.8) is 0 Å². The van der Waals surface area contributed by atoms with E-state index in [9.17, 15) is 19.7 Å². The number of aromatic nitrogens is 1. The van der Waals surface area contributed by atoms with Gasteiger partial charge in [0.05, 0.1) is 18.1 Å². The van der Waals surface area contributed by atoms with Gasteiger partial charge in [-0.05, 0) is 29.8 Å². The van der Waals surface area contributed by atoms with Crippen molar-refractivity contribution in [1.82, 2.24) is 4.98 Å². The molecule has 9 heteroatoms. The molecule has 0 radical (unpaired) electrons. The predicted octanol–water partition coefficient (Wildman–Crippen LogP) is 3.77. The van der Waals surface area contributed by atoms with E-state index in [4.69, 9.17) is 9.47 Å². The Morgan fingerprint density at radius 1 is 1.08 bits per heavy atom. The molecule has 1 aromatic carbocycles. The number of carbonyl (C=O) groups excluding carboxylic acids is 2. The summed E-state index contributed by atoms with van der Waals surface area (Å²) < 4.78 is 9.81. The van der Waals surface area contributed by atoms with Crippen LogP contribution in [0.15, 0.2) is 34.9 Å². The summed E-state index contributed by atoms with van der Waals surface area (Å²) in [7, 11) is 0. The summed E-state index contributed by atoms with van der Waals surface area (Å²) in [5.74, 6) is -1.90. The Morgan fingerprint density at radius 2 is 1.62 bits per heavy atom. The van der Waals surface area contributed by atoms with Gasteiger partial charge in [-0.15, -0.1) is 0 Å². The molecule has 0 aliphatic heterocycles. The first-order chi connectivity index (χ1) is 12.4. The van der Waals surface area contributed by atoms with Crippen LogP contribution >= 0.6 is 15.9 Å². The van der Waals surface area contributed by atoms with Crippen LogP contribution in [0.5, 0.6) is 0 Å². The minimum absolute atomic E-state index is 0.0150. The molecule has 0 aliphatic carbocycles. The lowest BCUT2D eigenvalue weighted by molar-refractivity contribution is -0.384. The lowest BCUT2D eigenvalue weighted by atomic mass is 10.0. The molecule has 0 saturated heterocycles. The van der Waals surface area contributed by atoms with Gasteiger partial charge < -0.3 is 9.47 Å². The molecule has 0 unspecified atom stereocenters. The van der Waals surface area contributed by atoms with Crippen LogP contribution in [0, 0.1) is 10.1 Å². The molecule has 1 aromatic heterocycles. The number of rotatable bonds is 6. The highest BCUT2D eigenvalue weighted by Crippen LogP contribution is 2.37. The number of benzene rings is 1. The number of halogens is 1. The number of hydrogen-bond acceptors (Lipinski definition) is 7. The Morgan fingerprint density at radius 3 is 2.12 bits per heavy atom. The number of ether oxygens (including phenoxy) is 2. The molecule has 0 fully saturated rings. The summed E-state index contributed by atoms with van der Waals surface area (Å²) in [5.41, 5.74) is -1.08. The van der Waals surface area contributed by atoms with Gasteiger partial charge in [-0.1, -0.05) is 30.3 Å². The van der Waals surface area contributed by atoms with Crippen LogP contribution in [0.2, 0.25) is 0 Å². The fourth-order valence-electron chi connectivity index (χ4n) is 2.31. The molecule has 1 heterocycles. The van der Waals surface area contributed by atoms with E-state index in [0.29, 0.717) is 5.56 Å². The third-order valence-electron chi connectivity index (χ3n) is 3.32. The van der Waals surface area contributed by atoms with Gasteiger partial charge >= 0.3 is 17.6 Å². The molecule has 0 bridgehead atoms. The molecule has 0 amide bonds. The fraction of sp³-hybridized carbons (Fsp3) is 0.235. The Hall–Kier alpha value is -2.81. The number of hydrogen-bond donors (Lipinski definition) is 0. The topological polar surface area (TPSA) is 109 Å². The molecule has 8 nitrogen and oxygen atoms in total. The summed E-state index contributed by atoms with van der Waals surface area (Å²) >= 11 is 3.13. The second-order valence-corrected chi connectivity index (χ2v) is 5.67. The minimum Gasteiger partial charge on any atom is -0.462 e. The number of esters is 2. The van der Waals surface area contributed by atoms with Crippen LogP contribution in [0.1, 0.15) is 34.6 Å². The van der Waals surface area contributed by atoms with E-state index >= 15 is 0 Å². The molecular weight excluding hydrogens is 408 g/mol. The number of nitrogens with zero attached hydrogens (tertiary/aromatic N) is 2. The average Bonchev–Trinajstić information content (AvgIpc) is 2.61. The maximum Gasteiger partial charge on any atom is 0.346 e. The Bertz CT molecular complexity index is 854. The van der Waals surface area contributed by atoms with Crippen molar-refractivity contribution in [2.24, 2.45) is 0 Å². The molecule has 2 aromatic rings. The third-order valence-corrected chi connectivity index (χ3v) is 3.89. The second-order valence-electron chi connectivity index (χ2n) is 4.91. The summed E-state index contributed by atoms with van der Waals surface area (Å²) in [6, 6.07) is 8.32. The van der Waals surface area contributed by atoms with Gasteiger partial charge in [0.1, 0.15) is 10.2 Å². The summed E-state index contributed by atoms with van der Waals surface area (Å²) in [5, 5.41) is 11.8. The van der Waals surface area contributed by atoms with Crippen molar-refractivity contribution in [3.8, 4) is 11.3 Å². The summed E-state index contributed by atoms with van der Waals surface area (Å²) in [4.78, 5) is 39.9. The molecule has 136 valence electrons. The van der Waals surface area contributed by atoms with E-state index in [0.717, 1.165) is 0 Å². The monoisotopic (exact) mass is 422 g/mol. The van der Waals surface area contributed by atoms with E-state index in [-0.39, 0.29) is 29.1 Å². The van der Waals surface area contributed by atoms with Crippen molar-refractivity contribution in [3.05, 3.63) is 56.2 Å². The van der Waals surface area contributed by atoms with Gasteiger partial charge in [-0.3, -0.25) is 10.1 Å². The normalized spacial score (nSPS) is 10.3. The maximum absolute atomic E-state index is 12.5. The molecule has 0 spiro atoms. The van der Waals surface area contributed by atoms with Gasteiger partial charge in [0.25, 0.3) is 0 Å². The van der Waals surface area contributed by atoms with E-state index in [2.05, 4.69) is 20.9 Å². The van der Waals surface area contributed by atoms with E-state index in [1.54, 1.807) is 44.2 Å². The number of carbonyl (C=O) groups is 2. The van der Waals surface area contributed by atoms with Gasteiger partial charge in [0, 0.05) is 5.56 Å². The predicted molar refractivity (Wildman–Crippen MR) is 95.9 cm³/mol. The van der Waals surface area contributed by atoms with Crippen LogP contribution in [0.25, 0.3) is 11.3 Å². The van der Waals surface area contributed by atoms with Gasteiger partial charge in [0.2, 0.25) is 0 Å². The lowest BCUT2D eigenvalue weighted by Crippen LogP contribution is -2.19.